The first-order chi connectivity index (χ1) is 4.06. The molecular weight excluding hydrogens is 112 g/mol. The molecule has 0 unspecified atom stereocenters. The molecule has 2 nitrogen and oxygen atoms in total. The lowest BCUT2D eigenvalue weighted by Crippen LogP contribution is -2.65. The van der Waals surface area contributed by atoms with Crippen LogP contribution in [0.2, 0.25) is 0 Å². The van der Waals surface area contributed by atoms with Gasteiger partial charge in [0.1, 0.15) is 0 Å². The molecule has 3 aliphatic carbocycles. The summed E-state index contributed by atoms with van der Waals surface area (Å²) in [5.41, 5.74) is 6.19. The molecule has 3 fully saturated rings. The largest absolute Gasteiger partial charge is 0.387 e. The Bertz CT molecular complexity index is 164. The normalized spacial score (nSPS) is 53.4. The number of amidine groups is 1. The van der Waals surface area contributed by atoms with E-state index in [-0.39, 0.29) is 5.41 Å². The van der Waals surface area contributed by atoms with Crippen LogP contribution in [0.1, 0.15) is 26.2 Å². The van der Waals surface area contributed by atoms with Crippen molar-refractivity contribution in [2.75, 3.05) is 0 Å². The monoisotopic (exact) mass is 124 g/mol. The van der Waals surface area contributed by atoms with E-state index in [0.29, 0.717) is 11.3 Å². The van der Waals surface area contributed by atoms with Gasteiger partial charge in [-0.15, -0.1) is 0 Å². The average molecular weight is 124 g/mol. The molecule has 0 atom stereocenters. The molecule has 0 heterocycles. The van der Waals surface area contributed by atoms with E-state index in [1.165, 1.54) is 19.3 Å². The van der Waals surface area contributed by atoms with E-state index in [4.69, 9.17) is 11.1 Å². The Labute approximate surface area is 54.9 Å². The molecule has 0 aliphatic heterocycles. The van der Waals surface area contributed by atoms with Crippen LogP contribution < -0.4 is 5.73 Å². The van der Waals surface area contributed by atoms with Gasteiger partial charge in [0.15, 0.2) is 0 Å². The van der Waals surface area contributed by atoms with Gasteiger partial charge in [0.2, 0.25) is 0 Å². The van der Waals surface area contributed by atoms with Gasteiger partial charge in [-0.1, -0.05) is 6.92 Å². The Morgan fingerprint density at radius 3 is 2.00 bits per heavy atom. The van der Waals surface area contributed by atoms with Crippen LogP contribution in [0, 0.1) is 16.2 Å². The molecule has 0 aromatic carbocycles. The van der Waals surface area contributed by atoms with Crippen molar-refractivity contribution in [1.29, 1.82) is 5.41 Å². The fraction of sp³-hybridized carbons (Fsp3) is 0.857. The van der Waals surface area contributed by atoms with E-state index in [1.807, 2.05) is 0 Å². The fourth-order valence-corrected chi connectivity index (χ4v) is 2.58. The van der Waals surface area contributed by atoms with Crippen molar-refractivity contribution in [3.05, 3.63) is 0 Å². The second-order valence-electron chi connectivity index (χ2n) is 4.03. The molecule has 0 radical (unpaired) electrons. The van der Waals surface area contributed by atoms with Gasteiger partial charge in [-0.2, -0.15) is 0 Å². The summed E-state index contributed by atoms with van der Waals surface area (Å²) in [6.45, 7) is 2.28. The van der Waals surface area contributed by atoms with E-state index < -0.39 is 0 Å². The van der Waals surface area contributed by atoms with Crippen LogP contribution in [0.25, 0.3) is 0 Å². The van der Waals surface area contributed by atoms with Crippen molar-refractivity contribution in [3.8, 4) is 0 Å². The minimum Gasteiger partial charge on any atom is -0.387 e. The highest BCUT2D eigenvalue weighted by molar-refractivity contribution is 5.87. The lowest BCUT2D eigenvalue weighted by Gasteiger charge is -2.69. The zero-order valence-corrected chi connectivity index (χ0v) is 5.70. The zero-order valence-electron chi connectivity index (χ0n) is 5.70. The fourth-order valence-electron chi connectivity index (χ4n) is 2.58. The lowest BCUT2D eigenvalue weighted by molar-refractivity contribution is -0.139. The maximum absolute atomic E-state index is 7.25. The predicted octanol–water partition coefficient (Wildman–Crippen LogP) is 1.11. The SMILES string of the molecule is CC12CC(C(=N)N)(C1)C2. The van der Waals surface area contributed by atoms with Crippen LogP contribution in [0.4, 0.5) is 0 Å². The first-order valence-electron chi connectivity index (χ1n) is 3.41. The topological polar surface area (TPSA) is 49.9 Å². The molecule has 0 aromatic rings. The third-order valence-electron chi connectivity index (χ3n) is 2.87. The van der Waals surface area contributed by atoms with Gasteiger partial charge in [-0.05, 0) is 24.7 Å². The number of rotatable bonds is 1. The van der Waals surface area contributed by atoms with Gasteiger partial charge >= 0.3 is 0 Å². The molecule has 2 heteroatoms. The molecule has 50 valence electrons. The first-order valence-corrected chi connectivity index (χ1v) is 3.41. The van der Waals surface area contributed by atoms with E-state index in [0.717, 1.165) is 0 Å². The summed E-state index contributed by atoms with van der Waals surface area (Å²) in [5.74, 6) is 0.422. The highest BCUT2D eigenvalue weighted by Crippen LogP contribution is 2.72. The molecule has 3 N–H and O–H groups in total. The molecule has 2 bridgehead atoms. The molecule has 3 aliphatic rings. The Kier molecular flexibility index (Phi) is 0.600. The van der Waals surface area contributed by atoms with Gasteiger partial charge in [-0.3, -0.25) is 5.41 Å². The number of hydrogen-bond acceptors (Lipinski definition) is 1. The van der Waals surface area contributed by atoms with Gasteiger partial charge < -0.3 is 5.73 Å². The lowest BCUT2D eigenvalue weighted by atomic mass is 9.35. The second kappa shape index (κ2) is 1.02. The molecular formula is C7H12N2. The third kappa shape index (κ3) is 0.406. The van der Waals surface area contributed by atoms with E-state index in [2.05, 4.69) is 6.92 Å². The number of hydrogen-bond donors (Lipinski definition) is 2. The van der Waals surface area contributed by atoms with E-state index in [9.17, 15) is 0 Å². The maximum Gasteiger partial charge on any atom is 0.0969 e. The Morgan fingerprint density at radius 1 is 1.44 bits per heavy atom. The third-order valence-corrected chi connectivity index (χ3v) is 2.87. The van der Waals surface area contributed by atoms with Crippen molar-refractivity contribution in [2.45, 2.75) is 26.2 Å². The standard InChI is InChI=1S/C7H12N2/c1-6-2-7(3-6,4-6)5(8)9/h2-4H2,1H3,(H3,8,9). The Hall–Kier alpha value is -0.530. The van der Waals surface area contributed by atoms with Gasteiger partial charge in [-0.25, -0.2) is 0 Å². The van der Waals surface area contributed by atoms with E-state index >= 15 is 0 Å². The van der Waals surface area contributed by atoms with Gasteiger partial charge in [0.05, 0.1) is 5.84 Å². The highest BCUT2D eigenvalue weighted by Gasteiger charge is 2.66. The minimum absolute atomic E-state index is 0.189. The molecule has 0 spiro atoms. The van der Waals surface area contributed by atoms with Gasteiger partial charge in [0, 0.05) is 5.41 Å². The average Bonchev–Trinajstić information content (AvgIpc) is 1.54. The molecule has 3 rings (SSSR count). The summed E-state index contributed by atoms with van der Waals surface area (Å²) in [7, 11) is 0. The summed E-state index contributed by atoms with van der Waals surface area (Å²) in [6, 6.07) is 0. The van der Waals surface area contributed by atoms with Crippen molar-refractivity contribution in [3.63, 3.8) is 0 Å². The molecule has 0 amide bonds. The molecule has 0 aromatic heterocycles. The number of nitrogens with two attached hydrogens (primary N) is 1. The quantitative estimate of drug-likeness (QED) is 0.399. The predicted molar refractivity (Wildman–Crippen MR) is 36.3 cm³/mol. The highest BCUT2D eigenvalue weighted by atomic mass is 14.8. The van der Waals surface area contributed by atoms with Crippen molar-refractivity contribution >= 4 is 5.84 Å². The maximum atomic E-state index is 7.25. The van der Waals surface area contributed by atoms with Gasteiger partial charge in [0.25, 0.3) is 0 Å². The van der Waals surface area contributed by atoms with Crippen LogP contribution in [0.15, 0.2) is 0 Å². The smallest absolute Gasteiger partial charge is 0.0969 e. The molecule has 3 saturated carbocycles. The minimum atomic E-state index is 0.189. The molecule has 9 heavy (non-hydrogen) atoms. The Morgan fingerprint density at radius 2 is 1.89 bits per heavy atom. The van der Waals surface area contributed by atoms with Crippen molar-refractivity contribution in [2.24, 2.45) is 16.6 Å². The van der Waals surface area contributed by atoms with Crippen molar-refractivity contribution < 1.29 is 0 Å². The van der Waals surface area contributed by atoms with Crippen LogP contribution in [-0.4, -0.2) is 5.84 Å². The summed E-state index contributed by atoms with van der Waals surface area (Å²) < 4.78 is 0. The van der Waals surface area contributed by atoms with E-state index in [1.54, 1.807) is 0 Å². The number of nitrogens with one attached hydrogen (secondary N) is 1. The van der Waals surface area contributed by atoms with Crippen LogP contribution in [0.5, 0.6) is 0 Å². The van der Waals surface area contributed by atoms with Crippen molar-refractivity contribution in [1.82, 2.24) is 0 Å². The zero-order chi connectivity index (χ0) is 6.70. The Balaban J connectivity index is 2.13. The second-order valence-corrected chi connectivity index (χ2v) is 4.03. The summed E-state index contributed by atoms with van der Waals surface area (Å²) in [4.78, 5) is 0. The summed E-state index contributed by atoms with van der Waals surface area (Å²) in [6.07, 6.45) is 3.53. The van der Waals surface area contributed by atoms with Crippen LogP contribution in [0.3, 0.4) is 0 Å². The summed E-state index contributed by atoms with van der Waals surface area (Å²) in [5, 5.41) is 7.25. The summed E-state index contributed by atoms with van der Waals surface area (Å²) >= 11 is 0. The van der Waals surface area contributed by atoms with Crippen LogP contribution >= 0.6 is 0 Å². The molecule has 0 saturated heterocycles. The first kappa shape index (κ1) is 5.27. The van der Waals surface area contributed by atoms with Crippen LogP contribution in [-0.2, 0) is 0 Å².